The number of hydrogen-bond donors (Lipinski definition) is 1. The van der Waals surface area contributed by atoms with E-state index in [1.54, 1.807) is 0 Å². The van der Waals surface area contributed by atoms with Gasteiger partial charge in [-0.05, 0) is 73.5 Å². The predicted molar refractivity (Wildman–Crippen MR) is 90.5 cm³/mol. The van der Waals surface area contributed by atoms with Crippen molar-refractivity contribution in [3.8, 4) is 17.2 Å². The summed E-state index contributed by atoms with van der Waals surface area (Å²) >= 11 is 0. The molecule has 1 saturated heterocycles. The van der Waals surface area contributed by atoms with Crippen LogP contribution >= 0.6 is 0 Å². The molecule has 1 fully saturated rings. The topological polar surface area (TPSA) is 35.8 Å². The molecule has 0 bridgehead atoms. The molecular formula is C20H22N2. The molecule has 3 rings (SSSR count). The van der Waals surface area contributed by atoms with Crippen molar-refractivity contribution < 1.29 is 0 Å². The highest BCUT2D eigenvalue weighted by Gasteiger charge is 2.12. The van der Waals surface area contributed by atoms with Gasteiger partial charge in [0.2, 0.25) is 0 Å². The quantitative estimate of drug-likeness (QED) is 0.918. The highest BCUT2D eigenvalue weighted by Crippen LogP contribution is 2.24. The first-order valence-corrected chi connectivity index (χ1v) is 8.15. The number of nitrogens with zero attached hydrogens (tertiary/aromatic N) is 1. The molecule has 0 unspecified atom stereocenters. The molecule has 0 saturated carbocycles. The highest BCUT2D eigenvalue weighted by atomic mass is 14.9. The van der Waals surface area contributed by atoms with Crippen molar-refractivity contribution in [3.05, 3.63) is 59.7 Å². The van der Waals surface area contributed by atoms with Crippen LogP contribution in [0.4, 0.5) is 0 Å². The molecule has 2 aromatic carbocycles. The molecule has 0 radical (unpaired) electrons. The minimum atomic E-state index is 0.720. The van der Waals surface area contributed by atoms with Crippen LogP contribution in [0.2, 0.25) is 0 Å². The molecule has 2 aromatic rings. The molecule has 1 aliphatic heterocycles. The van der Waals surface area contributed by atoms with Crippen molar-refractivity contribution in [2.75, 3.05) is 13.1 Å². The Kier molecular flexibility index (Phi) is 4.88. The van der Waals surface area contributed by atoms with Gasteiger partial charge in [0.25, 0.3) is 0 Å². The fourth-order valence-electron chi connectivity index (χ4n) is 3.22. The van der Waals surface area contributed by atoms with E-state index in [1.165, 1.54) is 43.5 Å². The maximum Gasteiger partial charge on any atom is 0.0991 e. The number of hydrogen-bond acceptors (Lipinski definition) is 2. The van der Waals surface area contributed by atoms with Crippen LogP contribution in [0.1, 0.15) is 30.4 Å². The summed E-state index contributed by atoms with van der Waals surface area (Å²) in [5.41, 5.74) is 4.46. The van der Waals surface area contributed by atoms with E-state index in [1.807, 2.05) is 18.2 Å². The molecular weight excluding hydrogens is 268 g/mol. The van der Waals surface area contributed by atoms with Gasteiger partial charge < -0.3 is 5.32 Å². The first-order valence-electron chi connectivity index (χ1n) is 8.15. The maximum atomic E-state index is 9.04. The van der Waals surface area contributed by atoms with E-state index in [0.29, 0.717) is 0 Å². The summed E-state index contributed by atoms with van der Waals surface area (Å²) in [7, 11) is 0. The first-order chi connectivity index (χ1) is 10.8. The lowest BCUT2D eigenvalue weighted by Crippen LogP contribution is -2.27. The van der Waals surface area contributed by atoms with Gasteiger partial charge >= 0.3 is 0 Å². The Labute approximate surface area is 132 Å². The van der Waals surface area contributed by atoms with E-state index < -0.39 is 0 Å². The molecule has 0 spiro atoms. The van der Waals surface area contributed by atoms with E-state index in [-0.39, 0.29) is 0 Å². The second kappa shape index (κ2) is 7.24. The molecule has 2 heteroatoms. The van der Waals surface area contributed by atoms with Crippen LogP contribution in [0, 0.1) is 17.2 Å². The standard InChI is InChI=1S/C20H22N2/c21-15-18-4-2-6-20(14-18)19-5-1-3-17(13-19)8-7-16-9-11-22-12-10-16/h1-6,13-14,16,22H,7-12H2. The van der Waals surface area contributed by atoms with Gasteiger partial charge in [-0.2, -0.15) is 5.26 Å². The Bertz CT molecular complexity index is 663. The smallest absolute Gasteiger partial charge is 0.0991 e. The molecule has 0 aromatic heterocycles. The largest absolute Gasteiger partial charge is 0.317 e. The summed E-state index contributed by atoms with van der Waals surface area (Å²) in [4.78, 5) is 0. The zero-order valence-electron chi connectivity index (χ0n) is 12.9. The van der Waals surface area contributed by atoms with Gasteiger partial charge in [-0.3, -0.25) is 0 Å². The highest BCUT2D eigenvalue weighted by molar-refractivity contribution is 5.65. The Morgan fingerprint density at radius 1 is 1.00 bits per heavy atom. The first kappa shape index (κ1) is 14.8. The average molecular weight is 290 g/mol. The second-order valence-electron chi connectivity index (χ2n) is 6.13. The van der Waals surface area contributed by atoms with Crippen LogP contribution in [0.15, 0.2) is 48.5 Å². The van der Waals surface area contributed by atoms with E-state index >= 15 is 0 Å². The molecule has 1 N–H and O–H groups in total. The monoisotopic (exact) mass is 290 g/mol. The van der Waals surface area contributed by atoms with Crippen LogP contribution in [0.3, 0.4) is 0 Å². The third-order valence-corrected chi connectivity index (χ3v) is 4.55. The van der Waals surface area contributed by atoms with Crippen LogP contribution in [0.25, 0.3) is 11.1 Å². The van der Waals surface area contributed by atoms with Gasteiger partial charge in [-0.1, -0.05) is 36.4 Å². The van der Waals surface area contributed by atoms with Gasteiger partial charge in [0.1, 0.15) is 0 Å². The summed E-state index contributed by atoms with van der Waals surface area (Å²) in [5.74, 6) is 0.867. The number of nitriles is 1. The molecule has 0 amide bonds. The number of aryl methyl sites for hydroxylation is 1. The molecule has 0 atom stereocenters. The number of nitrogens with one attached hydrogen (secondary N) is 1. The Balaban J connectivity index is 1.70. The van der Waals surface area contributed by atoms with Gasteiger partial charge in [0, 0.05) is 0 Å². The molecule has 22 heavy (non-hydrogen) atoms. The van der Waals surface area contributed by atoms with Crippen molar-refractivity contribution in [2.24, 2.45) is 5.92 Å². The zero-order valence-corrected chi connectivity index (χ0v) is 12.9. The van der Waals surface area contributed by atoms with Crippen molar-refractivity contribution in [1.82, 2.24) is 5.32 Å². The van der Waals surface area contributed by atoms with Gasteiger partial charge in [-0.15, -0.1) is 0 Å². The predicted octanol–water partition coefficient (Wildman–Crippen LogP) is 4.16. The van der Waals surface area contributed by atoms with E-state index in [4.69, 9.17) is 5.26 Å². The van der Waals surface area contributed by atoms with Gasteiger partial charge in [0.05, 0.1) is 11.6 Å². The van der Waals surface area contributed by atoms with E-state index in [9.17, 15) is 0 Å². The Morgan fingerprint density at radius 2 is 1.73 bits per heavy atom. The van der Waals surface area contributed by atoms with E-state index in [0.717, 1.165) is 23.5 Å². The third-order valence-electron chi connectivity index (χ3n) is 4.55. The fourth-order valence-corrected chi connectivity index (χ4v) is 3.22. The number of rotatable bonds is 4. The maximum absolute atomic E-state index is 9.04. The van der Waals surface area contributed by atoms with Crippen LogP contribution < -0.4 is 5.32 Å². The summed E-state index contributed by atoms with van der Waals surface area (Å²) in [6, 6.07) is 18.8. The van der Waals surface area contributed by atoms with Crippen molar-refractivity contribution in [3.63, 3.8) is 0 Å². The van der Waals surface area contributed by atoms with Crippen LogP contribution in [0.5, 0.6) is 0 Å². The third kappa shape index (κ3) is 3.75. The molecule has 112 valence electrons. The summed E-state index contributed by atoms with van der Waals surface area (Å²) < 4.78 is 0. The normalized spacial score (nSPS) is 15.4. The van der Waals surface area contributed by atoms with Crippen molar-refractivity contribution in [2.45, 2.75) is 25.7 Å². The molecule has 1 heterocycles. The summed E-state index contributed by atoms with van der Waals surface area (Å²) in [5, 5.41) is 12.5. The lowest BCUT2D eigenvalue weighted by Gasteiger charge is -2.22. The molecule has 2 nitrogen and oxygen atoms in total. The SMILES string of the molecule is N#Cc1cccc(-c2cccc(CCC3CCNCC3)c2)c1. The van der Waals surface area contributed by atoms with Crippen molar-refractivity contribution in [1.29, 1.82) is 5.26 Å². The molecule has 0 aliphatic carbocycles. The zero-order chi connectivity index (χ0) is 15.2. The molecule has 1 aliphatic rings. The second-order valence-corrected chi connectivity index (χ2v) is 6.13. The van der Waals surface area contributed by atoms with Crippen LogP contribution in [-0.4, -0.2) is 13.1 Å². The summed E-state index contributed by atoms with van der Waals surface area (Å²) in [6.45, 7) is 2.34. The summed E-state index contributed by atoms with van der Waals surface area (Å²) in [6.07, 6.45) is 5.05. The number of benzene rings is 2. The lowest BCUT2D eigenvalue weighted by atomic mass is 9.90. The van der Waals surface area contributed by atoms with Gasteiger partial charge in [-0.25, -0.2) is 0 Å². The Morgan fingerprint density at radius 3 is 2.50 bits per heavy atom. The number of piperidine rings is 1. The van der Waals surface area contributed by atoms with Gasteiger partial charge in [0.15, 0.2) is 0 Å². The average Bonchev–Trinajstić information content (AvgIpc) is 2.61. The minimum absolute atomic E-state index is 0.720. The van der Waals surface area contributed by atoms with Crippen molar-refractivity contribution >= 4 is 0 Å². The Hall–Kier alpha value is -2.11. The fraction of sp³-hybridized carbons (Fsp3) is 0.350. The van der Waals surface area contributed by atoms with E-state index in [2.05, 4.69) is 41.7 Å². The lowest BCUT2D eigenvalue weighted by molar-refractivity contribution is 0.354. The van der Waals surface area contributed by atoms with Crippen LogP contribution in [-0.2, 0) is 6.42 Å². The minimum Gasteiger partial charge on any atom is -0.317 e.